The molecule has 2 rings (SSSR count). The van der Waals surface area contributed by atoms with Crippen LogP contribution in [-0.4, -0.2) is 18.5 Å². The first kappa shape index (κ1) is 14.4. The summed E-state index contributed by atoms with van der Waals surface area (Å²) >= 11 is 0. The van der Waals surface area contributed by atoms with E-state index in [-0.39, 0.29) is 16.3 Å². The van der Waals surface area contributed by atoms with E-state index in [1.54, 1.807) is 19.1 Å². The van der Waals surface area contributed by atoms with Crippen molar-refractivity contribution in [2.45, 2.75) is 18.4 Å². The van der Waals surface area contributed by atoms with Gasteiger partial charge in [0.25, 0.3) is 10.0 Å². The number of aliphatic hydroxyl groups excluding tert-OH is 1. The van der Waals surface area contributed by atoms with Gasteiger partial charge in [-0.1, -0.05) is 6.07 Å². The second kappa shape index (κ2) is 5.56. The predicted octanol–water partition coefficient (Wildman–Crippen LogP) is 1.82. The van der Waals surface area contributed by atoms with Crippen molar-refractivity contribution in [1.82, 2.24) is 4.98 Å². The number of hydrogen-bond acceptors (Lipinski definition) is 4. The standard InChI is InChI=1S/C13H13FN2O3S/c1-9-3-2-4-13(15-9)16-20(18,19)11-5-6-12(14)10(7-11)8-17/h2-7,17H,8H2,1H3,(H,15,16). The number of aromatic nitrogens is 1. The molecule has 0 radical (unpaired) electrons. The molecule has 0 spiro atoms. The number of aliphatic hydroxyl groups is 1. The van der Waals surface area contributed by atoms with Crippen molar-refractivity contribution >= 4 is 15.8 Å². The Hall–Kier alpha value is -1.99. The molecule has 0 aliphatic carbocycles. The molecule has 0 aliphatic rings. The van der Waals surface area contributed by atoms with Crippen LogP contribution < -0.4 is 4.72 Å². The SMILES string of the molecule is Cc1cccc(NS(=O)(=O)c2ccc(F)c(CO)c2)n1. The number of halogens is 1. The van der Waals surface area contributed by atoms with Gasteiger partial charge in [0.1, 0.15) is 11.6 Å². The van der Waals surface area contributed by atoms with E-state index in [9.17, 15) is 12.8 Å². The molecule has 7 heteroatoms. The van der Waals surface area contributed by atoms with Gasteiger partial charge in [0.15, 0.2) is 0 Å². The van der Waals surface area contributed by atoms with Crippen molar-refractivity contribution in [3.05, 3.63) is 53.5 Å². The van der Waals surface area contributed by atoms with Gasteiger partial charge in [-0.3, -0.25) is 4.72 Å². The first-order valence-electron chi connectivity index (χ1n) is 5.78. The number of sulfonamides is 1. The molecule has 1 aromatic carbocycles. The second-order valence-electron chi connectivity index (χ2n) is 4.18. The van der Waals surface area contributed by atoms with Crippen LogP contribution in [0.1, 0.15) is 11.3 Å². The number of rotatable bonds is 4. The van der Waals surface area contributed by atoms with E-state index in [0.29, 0.717) is 5.69 Å². The molecule has 0 aliphatic heterocycles. The zero-order valence-corrected chi connectivity index (χ0v) is 11.5. The van der Waals surface area contributed by atoms with Crippen molar-refractivity contribution in [1.29, 1.82) is 0 Å². The highest BCUT2D eigenvalue weighted by Gasteiger charge is 2.16. The summed E-state index contributed by atoms with van der Waals surface area (Å²) in [5.41, 5.74) is 0.588. The number of nitrogens with zero attached hydrogens (tertiary/aromatic N) is 1. The largest absolute Gasteiger partial charge is 0.392 e. The Morgan fingerprint density at radius 2 is 2.05 bits per heavy atom. The van der Waals surface area contributed by atoms with Crippen LogP contribution in [0, 0.1) is 12.7 Å². The minimum absolute atomic E-state index is 0.0786. The maximum absolute atomic E-state index is 13.3. The highest BCUT2D eigenvalue weighted by atomic mass is 32.2. The van der Waals surface area contributed by atoms with Crippen LogP contribution in [0.4, 0.5) is 10.2 Å². The Morgan fingerprint density at radius 1 is 1.30 bits per heavy atom. The third-order valence-electron chi connectivity index (χ3n) is 2.63. The van der Waals surface area contributed by atoms with Gasteiger partial charge < -0.3 is 5.11 Å². The molecular weight excluding hydrogens is 283 g/mol. The first-order valence-corrected chi connectivity index (χ1v) is 7.26. The number of anilines is 1. The molecule has 1 aromatic heterocycles. The molecule has 0 saturated heterocycles. The Balaban J connectivity index is 2.35. The third-order valence-corrected chi connectivity index (χ3v) is 3.98. The van der Waals surface area contributed by atoms with Gasteiger partial charge in [0.05, 0.1) is 11.5 Å². The summed E-state index contributed by atoms with van der Waals surface area (Å²) in [6.07, 6.45) is 0. The van der Waals surface area contributed by atoms with E-state index < -0.39 is 22.4 Å². The maximum Gasteiger partial charge on any atom is 0.263 e. The van der Waals surface area contributed by atoms with Crippen LogP contribution in [0.25, 0.3) is 0 Å². The minimum atomic E-state index is -3.87. The Kier molecular flexibility index (Phi) is 4.01. The van der Waals surface area contributed by atoms with Crippen molar-refractivity contribution in [2.75, 3.05) is 4.72 Å². The van der Waals surface area contributed by atoms with Crippen LogP contribution in [0.3, 0.4) is 0 Å². The quantitative estimate of drug-likeness (QED) is 0.902. The van der Waals surface area contributed by atoms with Crippen molar-refractivity contribution in [2.24, 2.45) is 0 Å². The number of benzene rings is 1. The van der Waals surface area contributed by atoms with E-state index in [2.05, 4.69) is 9.71 Å². The zero-order chi connectivity index (χ0) is 14.8. The zero-order valence-electron chi connectivity index (χ0n) is 10.7. The number of pyridine rings is 1. The molecule has 0 fully saturated rings. The molecule has 0 atom stereocenters. The summed E-state index contributed by atoms with van der Waals surface area (Å²) in [5, 5.41) is 8.97. The van der Waals surface area contributed by atoms with Gasteiger partial charge in [-0.2, -0.15) is 0 Å². The van der Waals surface area contributed by atoms with Crippen LogP contribution in [0.15, 0.2) is 41.3 Å². The monoisotopic (exact) mass is 296 g/mol. The molecule has 0 saturated carbocycles. The van der Waals surface area contributed by atoms with E-state index >= 15 is 0 Å². The average Bonchev–Trinajstić information content (AvgIpc) is 2.38. The van der Waals surface area contributed by atoms with Crippen molar-refractivity contribution in [3.8, 4) is 0 Å². The average molecular weight is 296 g/mol. The van der Waals surface area contributed by atoms with Crippen LogP contribution >= 0.6 is 0 Å². The molecule has 0 bridgehead atoms. The molecule has 5 nitrogen and oxygen atoms in total. The van der Waals surface area contributed by atoms with Gasteiger partial charge in [0.2, 0.25) is 0 Å². The Labute approximate surface area is 116 Å². The fourth-order valence-corrected chi connectivity index (χ4v) is 2.69. The van der Waals surface area contributed by atoms with Crippen molar-refractivity contribution < 1.29 is 17.9 Å². The molecule has 2 aromatic rings. The summed E-state index contributed by atoms with van der Waals surface area (Å²) in [4.78, 5) is 3.90. The maximum atomic E-state index is 13.3. The normalized spacial score (nSPS) is 11.3. The summed E-state index contributed by atoms with van der Waals surface area (Å²) in [5.74, 6) is -0.472. The van der Waals surface area contributed by atoms with E-state index in [4.69, 9.17) is 5.11 Å². The lowest BCUT2D eigenvalue weighted by atomic mass is 10.2. The molecular formula is C13H13FN2O3S. The summed E-state index contributed by atoms with van der Waals surface area (Å²) in [6, 6.07) is 8.15. The highest BCUT2D eigenvalue weighted by molar-refractivity contribution is 7.92. The molecule has 1 heterocycles. The number of aryl methyl sites for hydroxylation is 1. The minimum Gasteiger partial charge on any atom is -0.392 e. The van der Waals surface area contributed by atoms with Crippen LogP contribution in [0.2, 0.25) is 0 Å². The third kappa shape index (κ3) is 3.12. The van der Waals surface area contributed by atoms with Gasteiger partial charge in [-0.15, -0.1) is 0 Å². The second-order valence-corrected chi connectivity index (χ2v) is 5.86. The van der Waals surface area contributed by atoms with Gasteiger partial charge in [-0.05, 0) is 37.3 Å². The lowest BCUT2D eigenvalue weighted by molar-refractivity contribution is 0.275. The summed E-state index contributed by atoms with van der Waals surface area (Å²) < 4.78 is 39.8. The van der Waals surface area contributed by atoms with E-state index in [0.717, 1.165) is 18.2 Å². The predicted molar refractivity (Wildman–Crippen MR) is 72.1 cm³/mol. The molecule has 0 unspecified atom stereocenters. The number of nitrogens with one attached hydrogen (secondary N) is 1. The Morgan fingerprint density at radius 3 is 2.70 bits per heavy atom. The summed E-state index contributed by atoms with van der Waals surface area (Å²) in [6.45, 7) is 1.16. The topological polar surface area (TPSA) is 79.3 Å². The lowest BCUT2D eigenvalue weighted by Gasteiger charge is -2.09. The fourth-order valence-electron chi connectivity index (χ4n) is 1.64. The lowest BCUT2D eigenvalue weighted by Crippen LogP contribution is -2.14. The van der Waals surface area contributed by atoms with E-state index in [1.165, 1.54) is 6.07 Å². The summed E-state index contributed by atoms with van der Waals surface area (Å²) in [7, 11) is -3.87. The molecule has 2 N–H and O–H groups in total. The molecule has 106 valence electrons. The van der Waals surface area contributed by atoms with Crippen LogP contribution in [0.5, 0.6) is 0 Å². The van der Waals surface area contributed by atoms with Crippen molar-refractivity contribution in [3.63, 3.8) is 0 Å². The molecule has 20 heavy (non-hydrogen) atoms. The fraction of sp³-hybridized carbons (Fsp3) is 0.154. The number of hydrogen-bond donors (Lipinski definition) is 2. The van der Waals surface area contributed by atoms with E-state index in [1.807, 2.05) is 0 Å². The van der Waals surface area contributed by atoms with Gasteiger partial charge in [-0.25, -0.2) is 17.8 Å². The van der Waals surface area contributed by atoms with Gasteiger partial charge >= 0.3 is 0 Å². The van der Waals surface area contributed by atoms with Crippen LogP contribution in [-0.2, 0) is 16.6 Å². The highest BCUT2D eigenvalue weighted by Crippen LogP contribution is 2.18. The van der Waals surface area contributed by atoms with Gasteiger partial charge in [0, 0.05) is 11.3 Å². The molecule has 0 amide bonds. The Bertz CT molecular complexity index is 732. The smallest absolute Gasteiger partial charge is 0.263 e. The first-order chi connectivity index (χ1) is 9.42.